The molecule has 0 bridgehead atoms. The molecule has 0 spiro atoms. The van der Waals surface area contributed by atoms with Gasteiger partial charge in [-0.1, -0.05) is 25.4 Å². The van der Waals surface area contributed by atoms with Gasteiger partial charge < -0.3 is 5.73 Å². The van der Waals surface area contributed by atoms with Crippen molar-refractivity contribution < 1.29 is 12.8 Å². The summed E-state index contributed by atoms with van der Waals surface area (Å²) in [5.41, 5.74) is 5.20. The van der Waals surface area contributed by atoms with Crippen LogP contribution < -0.4 is 5.73 Å². The number of anilines is 1. The predicted molar refractivity (Wildman–Crippen MR) is 77.5 cm³/mol. The quantitative estimate of drug-likeness (QED) is 0.852. The molecule has 1 saturated heterocycles. The van der Waals surface area contributed by atoms with E-state index in [0.717, 1.165) is 12.5 Å². The number of nitrogen functional groups attached to an aromatic ring is 1. The molecule has 4 nitrogen and oxygen atoms in total. The maximum absolute atomic E-state index is 14.0. The SMILES string of the molecule is CC1CCN(S(=O)(=O)c2cc(Cl)cc(N)c2F)CC1C. The zero-order valence-corrected chi connectivity index (χ0v) is 13.0. The summed E-state index contributed by atoms with van der Waals surface area (Å²) in [4.78, 5) is -0.441. The molecule has 1 aromatic carbocycles. The van der Waals surface area contributed by atoms with Gasteiger partial charge in [0.1, 0.15) is 4.90 Å². The molecule has 112 valence electrons. The van der Waals surface area contributed by atoms with Crippen LogP contribution in [0.5, 0.6) is 0 Å². The Balaban J connectivity index is 2.41. The fraction of sp³-hybridized carbons (Fsp3) is 0.538. The minimum Gasteiger partial charge on any atom is -0.396 e. The average Bonchev–Trinajstić information content (AvgIpc) is 2.36. The van der Waals surface area contributed by atoms with Gasteiger partial charge in [-0.05, 0) is 30.4 Å². The van der Waals surface area contributed by atoms with Crippen LogP contribution in [0.3, 0.4) is 0 Å². The first-order valence-electron chi connectivity index (χ1n) is 6.48. The summed E-state index contributed by atoms with van der Waals surface area (Å²) in [5, 5.41) is 0.112. The van der Waals surface area contributed by atoms with E-state index >= 15 is 0 Å². The maximum Gasteiger partial charge on any atom is 0.246 e. The number of hydrogen-bond donors (Lipinski definition) is 1. The average molecular weight is 321 g/mol. The van der Waals surface area contributed by atoms with E-state index in [2.05, 4.69) is 6.92 Å². The number of sulfonamides is 1. The molecule has 1 aromatic rings. The highest BCUT2D eigenvalue weighted by atomic mass is 35.5. The van der Waals surface area contributed by atoms with E-state index in [0.29, 0.717) is 19.0 Å². The molecule has 1 aliphatic rings. The summed E-state index contributed by atoms with van der Waals surface area (Å²) in [5.74, 6) is -0.241. The third-order valence-electron chi connectivity index (χ3n) is 3.95. The number of nitrogens with two attached hydrogens (primary N) is 1. The van der Waals surface area contributed by atoms with E-state index in [4.69, 9.17) is 17.3 Å². The number of rotatable bonds is 2. The van der Waals surface area contributed by atoms with Crippen LogP contribution in [0.25, 0.3) is 0 Å². The van der Waals surface area contributed by atoms with Crippen molar-refractivity contribution in [3.8, 4) is 0 Å². The molecule has 0 aliphatic carbocycles. The fourth-order valence-electron chi connectivity index (χ4n) is 2.35. The summed E-state index contributed by atoms with van der Waals surface area (Å²) < 4.78 is 40.4. The molecule has 7 heteroatoms. The first-order chi connectivity index (χ1) is 9.23. The number of hydrogen-bond acceptors (Lipinski definition) is 3. The Morgan fingerprint density at radius 2 is 2.00 bits per heavy atom. The second kappa shape index (κ2) is 5.50. The van der Waals surface area contributed by atoms with Crippen molar-refractivity contribution in [3.63, 3.8) is 0 Å². The van der Waals surface area contributed by atoms with Crippen molar-refractivity contribution >= 4 is 27.3 Å². The lowest BCUT2D eigenvalue weighted by Crippen LogP contribution is -2.42. The lowest BCUT2D eigenvalue weighted by Gasteiger charge is -2.34. The molecule has 1 fully saturated rings. The smallest absolute Gasteiger partial charge is 0.246 e. The van der Waals surface area contributed by atoms with Gasteiger partial charge in [-0.2, -0.15) is 4.31 Å². The molecule has 1 aliphatic heterocycles. The Morgan fingerprint density at radius 1 is 1.35 bits per heavy atom. The van der Waals surface area contributed by atoms with E-state index in [9.17, 15) is 12.8 Å². The van der Waals surface area contributed by atoms with Gasteiger partial charge in [0.25, 0.3) is 0 Å². The van der Waals surface area contributed by atoms with Crippen molar-refractivity contribution in [1.82, 2.24) is 4.31 Å². The highest BCUT2D eigenvalue weighted by Crippen LogP contribution is 2.31. The number of benzene rings is 1. The van der Waals surface area contributed by atoms with Crippen LogP contribution in [0.4, 0.5) is 10.1 Å². The molecule has 0 amide bonds. The van der Waals surface area contributed by atoms with Gasteiger partial charge in [0.15, 0.2) is 5.82 Å². The Hall–Kier alpha value is -0.850. The van der Waals surface area contributed by atoms with Crippen LogP contribution in [0.15, 0.2) is 17.0 Å². The number of halogens is 2. The molecule has 1 heterocycles. The molecule has 2 atom stereocenters. The van der Waals surface area contributed by atoms with Gasteiger partial charge in [0.05, 0.1) is 5.69 Å². The monoisotopic (exact) mass is 320 g/mol. The van der Waals surface area contributed by atoms with Crippen LogP contribution in [0.1, 0.15) is 20.3 Å². The van der Waals surface area contributed by atoms with Crippen LogP contribution in [0, 0.1) is 17.7 Å². The zero-order valence-electron chi connectivity index (χ0n) is 11.4. The standard InChI is InChI=1S/C13H18ClFN2O2S/c1-8-3-4-17(7-9(8)2)20(18,19)12-6-10(14)5-11(16)13(12)15/h5-6,8-9H,3-4,7,16H2,1-2H3. The molecular weight excluding hydrogens is 303 g/mol. The van der Waals surface area contributed by atoms with Crippen molar-refractivity contribution in [2.24, 2.45) is 11.8 Å². The van der Waals surface area contributed by atoms with Crippen molar-refractivity contribution in [2.75, 3.05) is 18.8 Å². The highest BCUT2D eigenvalue weighted by Gasteiger charge is 2.34. The maximum atomic E-state index is 14.0. The predicted octanol–water partition coefficient (Wildman–Crippen LogP) is 2.73. The third-order valence-corrected chi connectivity index (χ3v) is 6.03. The van der Waals surface area contributed by atoms with Gasteiger partial charge in [-0.3, -0.25) is 0 Å². The third kappa shape index (κ3) is 2.77. The minimum absolute atomic E-state index is 0.112. The summed E-state index contributed by atoms with van der Waals surface area (Å²) in [6.45, 7) is 4.86. The van der Waals surface area contributed by atoms with Gasteiger partial charge in [0.2, 0.25) is 10.0 Å². The van der Waals surface area contributed by atoms with Gasteiger partial charge in [-0.15, -0.1) is 0 Å². The van der Waals surface area contributed by atoms with Crippen molar-refractivity contribution in [1.29, 1.82) is 0 Å². The van der Waals surface area contributed by atoms with Crippen LogP contribution >= 0.6 is 11.6 Å². The summed E-state index contributed by atoms with van der Waals surface area (Å²) in [7, 11) is -3.90. The zero-order chi connectivity index (χ0) is 15.1. The number of piperidine rings is 1. The minimum atomic E-state index is -3.90. The molecule has 20 heavy (non-hydrogen) atoms. The van der Waals surface area contributed by atoms with Gasteiger partial charge in [0, 0.05) is 18.1 Å². The second-order valence-corrected chi connectivity index (χ2v) is 7.76. The topological polar surface area (TPSA) is 63.4 Å². The molecule has 2 unspecified atom stereocenters. The summed E-state index contributed by atoms with van der Waals surface area (Å²) in [6, 6.07) is 2.32. The van der Waals surface area contributed by atoms with E-state index in [1.54, 1.807) is 0 Å². The van der Waals surface area contributed by atoms with E-state index in [1.165, 1.54) is 10.4 Å². The largest absolute Gasteiger partial charge is 0.396 e. The molecule has 2 rings (SSSR count). The van der Waals surface area contributed by atoms with E-state index < -0.39 is 20.7 Å². The second-order valence-electron chi connectivity index (χ2n) is 5.41. The number of nitrogens with zero attached hydrogens (tertiary/aromatic N) is 1. The van der Waals surface area contributed by atoms with E-state index in [1.807, 2.05) is 6.92 Å². The summed E-state index contributed by atoms with van der Waals surface area (Å²) >= 11 is 5.79. The lowest BCUT2D eigenvalue weighted by molar-refractivity contribution is 0.212. The van der Waals surface area contributed by atoms with Crippen LogP contribution in [-0.2, 0) is 10.0 Å². The lowest BCUT2D eigenvalue weighted by atomic mass is 9.90. The Labute approximate surface area is 123 Å². The van der Waals surface area contributed by atoms with Gasteiger partial charge in [-0.25, -0.2) is 12.8 Å². The first-order valence-corrected chi connectivity index (χ1v) is 8.30. The summed E-state index contributed by atoms with van der Waals surface area (Å²) in [6.07, 6.45) is 0.762. The van der Waals surface area contributed by atoms with Crippen LogP contribution in [-0.4, -0.2) is 25.8 Å². The molecule has 2 N–H and O–H groups in total. The van der Waals surface area contributed by atoms with Crippen molar-refractivity contribution in [2.45, 2.75) is 25.2 Å². The fourth-order valence-corrected chi connectivity index (χ4v) is 4.32. The highest BCUT2D eigenvalue weighted by molar-refractivity contribution is 7.89. The van der Waals surface area contributed by atoms with Gasteiger partial charge >= 0.3 is 0 Å². The molecular formula is C13H18ClFN2O2S. The normalized spacial score (nSPS) is 24.8. The van der Waals surface area contributed by atoms with Crippen LogP contribution in [0.2, 0.25) is 5.02 Å². The Kier molecular flexibility index (Phi) is 4.27. The molecule has 0 aromatic heterocycles. The van der Waals surface area contributed by atoms with E-state index in [-0.39, 0.29) is 16.6 Å². The first kappa shape index (κ1) is 15.5. The Bertz CT molecular complexity index is 621. The molecule has 0 saturated carbocycles. The Morgan fingerprint density at radius 3 is 2.60 bits per heavy atom. The molecule has 0 radical (unpaired) electrons. The van der Waals surface area contributed by atoms with Crippen molar-refractivity contribution in [3.05, 3.63) is 23.0 Å².